The number of hydrogen-bond donors (Lipinski definition) is 2. The van der Waals surface area contributed by atoms with E-state index in [1.807, 2.05) is 30.3 Å². The van der Waals surface area contributed by atoms with Crippen LogP contribution in [-0.2, 0) is 16.1 Å². The molecule has 1 saturated heterocycles. The van der Waals surface area contributed by atoms with E-state index in [4.69, 9.17) is 14.9 Å². The van der Waals surface area contributed by atoms with E-state index < -0.39 is 5.41 Å². The fourth-order valence-corrected chi connectivity index (χ4v) is 2.75. The smallest absolute Gasteiger partial charge is 0.227 e. The van der Waals surface area contributed by atoms with Crippen molar-refractivity contribution in [3.05, 3.63) is 42.3 Å². The van der Waals surface area contributed by atoms with Gasteiger partial charge < -0.3 is 20.2 Å². The van der Waals surface area contributed by atoms with Crippen LogP contribution in [0.15, 0.2) is 41.0 Å². The Morgan fingerprint density at radius 3 is 2.62 bits per heavy atom. The Labute approximate surface area is 147 Å². The summed E-state index contributed by atoms with van der Waals surface area (Å²) in [6.07, 6.45) is 2.88. The fraction of sp³-hybridized carbons (Fsp3) is 0.412. The van der Waals surface area contributed by atoms with Gasteiger partial charge in [-0.2, -0.15) is 0 Å². The van der Waals surface area contributed by atoms with E-state index in [0.29, 0.717) is 50.7 Å². The molecule has 0 aliphatic carbocycles. The van der Waals surface area contributed by atoms with Crippen molar-refractivity contribution in [3.8, 4) is 11.5 Å². The number of carbonyl (C=O) groups is 1. The van der Waals surface area contributed by atoms with Crippen molar-refractivity contribution in [2.24, 2.45) is 11.1 Å². The van der Waals surface area contributed by atoms with E-state index >= 15 is 0 Å². The molecule has 7 heteroatoms. The highest BCUT2D eigenvalue weighted by atomic mass is 35.5. The lowest BCUT2D eigenvalue weighted by Crippen LogP contribution is -2.49. The van der Waals surface area contributed by atoms with Gasteiger partial charge in [0.15, 0.2) is 0 Å². The zero-order valence-electron chi connectivity index (χ0n) is 13.4. The molecule has 2 aromatic rings. The Morgan fingerprint density at radius 1 is 1.25 bits per heavy atom. The van der Waals surface area contributed by atoms with Crippen molar-refractivity contribution in [2.45, 2.75) is 19.4 Å². The number of aromatic nitrogens is 1. The summed E-state index contributed by atoms with van der Waals surface area (Å²) in [5, 5.41) is 2.93. The van der Waals surface area contributed by atoms with Crippen LogP contribution in [0.5, 0.6) is 0 Å². The number of ether oxygens (including phenoxy) is 1. The summed E-state index contributed by atoms with van der Waals surface area (Å²) in [7, 11) is 0. The number of nitrogens with two attached hydrogens (primary N) is 1. The molecule has 1 amide bonds. The SMILES string of the molecule is Cl.NCC1(C(=O)NCc2coc(-c3ccccc3)n2)CCOCC1. The highest BCUT2D eigenvalue weighted by Gasteiger charge is 2.38. The monoisotopic (exact) mass is 351 g/mol. The van der Waals surface area contributed by atoms with E-state index in [0.717, 1.165) is 5.56 Å². The highest BCUT2D eigenvalue weighted by molar-refractivity contribution is 5.85. The molecule has 1 fully saturated rings. The lowest BCUT2D eigenvalue weighted by atomic mass is 9.79. The lowest BCUT2D eigenvalue weighted by molar-refractivity contribution is -0.136. The Balaban J connectivity index is 0.00000208. The predicted octanol–water partition coefficient (Wildman–Crippen LogP) is 2.14. The maximum absolute atomic E-state index is 12.5. The van der Waals surface area contributed by atoms with Gasteiger partial charge in [0, 0.05) is 25.3 Å². The van der Waals surface area contributed by atoms with E-state index in [9.17, 15) is 4.79 Å². The molecule has 0 unspecified atom stereocenters. The molecule has 0 bridgehead atoms. The minimum atomic E-state index is -0.524. The molecule has 6 nitrogen and oxygen atoms in total. The maximum Gasteiger partial charge on any atom is 0.227 e. The number of rotatable bonds is 5. The summed E-state index contributed by atoms with van der Waals surface area (Å²) in [5.41, 5.74) is 6.92. The van der Waals surface area contributed by atoms with Crippen molar-refractivity contribution >= 4 is 18.3 Å². The van der Waals surface area contributed by atoms with Gasteiger partial charge in [0.05, 0.1) is 17.7 Å². The second-order valence-electron chi connectivity index (χ2n) is 5.79. The average Bonchev–Trinajstić information content (AvgIpc) is 3.10. The molecular formula is C17H22ClN3O3. The van der Waals surface area contributed by atoms with Gasteiger partial charge in [-0.15, -0.1) is 12.4 Å². The number of benzene rings is 1. The topological polar surface area (TPSA) is 90.4 Å². The van der Waals surface area contributed by atoms with Crippen molar-refractivity contribution in [1.29, 1.82) is 0 Å². The molecule has 2 heterocycles. The summed E-state index contributed by atoms with van der Waals surface area (Å²) >= 11 is 0. The van der Waals surface area contributed by atoms with Crippen LogP contribution in [0.1, 0.15) is 18.5 Å². The van der Waals surface area contributed by atoms with Gasteiger partial charge in [-0.3, -0.25) is 4.79 Å². The molecule has 3 rings (SSSR count). The van der Waals surface area contributed by atoms with Gasteiger partial charge in [0.2, 0.25) is 11.8 Å². The molecule has 1 aromatic heterocycles. The van der Waals surface area contributed by atoms with E-state index in [1.165, 1.54) is 0 Å². The van der Waals surface area contributed by atoms with Crippen molar-refractivity contribution in [2.75, 3.05) is 19.8 Å². The standard InChI is InChI=1S/C17H21N3O3.ClH/c18-12-17(6-8-22-9-7-17)16(21)19-10-14-11-23-15(20-14)13-4-2-1-3-5-13;/h1-5,11H,6-10,12,18H2,(H,19,21);1H. The quantitative estimate of drug-likeness (QED) is 0.861. The van der Waals surface area contributed by atoms with Crippen LogP contribution in [-0.4, -0.2) is 30.6 Å². The molecular weight excluding hydrogens is 330 g/mol. The van der Waals surface area contributed by atoms with Crippen molar-refractivity contribution in [3.63, 3.8) is 0 Å². The van der Waals surface area contributed by atoms with Crippen LogP contribution in [0, 0.1) is 5.41 Å². The number of halogens is 1. The van der Waals surface area contributed by atoms with Crippen LogP contribution >= 0.6 is 12.4 Å². The van der Waals surface area contributed by atoms with Crippen LogP contribution in [0.3, 0.4) is 0 Å². The Bertz CT molecular complexity index is 654. The molecule has 1 aliphatic rings. The third kappa shape index (κ3) is 3.95. The predicted molar refractivity (Wildman–Crippen MR) is 92.6 cm³/mol. The molecule has 1 aromatic carbocycles. The van der Waals surface area contributed by atoms with Crippen LogP contribution < -0.4 is 11.1 Å². The van der Waals surface area contributed by atoms with E-state index in [-0.39, 0.29) is 18.3 Å². The third-order valence-electron chi connectivity index (χ3n) is 4.32. The van der Waals surface area contributed by atoms with Gasteiger partial charge >= 0.3 is 0 Å². The molecule has 24 heavy (non-hydrogen) atoms. The molecule has 0 atom stereocenters. The minimum Gasteiger partial charge on any atom is -0.444 e. The Morgan fingerprint density at radius 2 is 1.96 bits per heavy atom. The zero-order chi connectivity index (χ0) is 16.1. The number of oxazole rings is 1. The molecule has 130 valence electrons. The minimum absolute atomic E-state index is 0. The first-order valence-corrected chi connectivity index (χ1v) is 7.79. The Kier molecular flexibility index (Phi) is 6.36. The number of nitrogens with zero attached hydrogens (tertiary/aromatic N) is 1. The number of hydrogen-bond acceptors (Lipinski definition) is 5. The largest absolute Gasteiger partial charge is 0.444 e. The Hall–Kier alpha value is -1.89. The summed E-state index contributed by atoms with van der Waals surface area (Å²) in [6.45, 7) is 1.81. The summed E-state index contributed by atoms with van der Waals surface area (Å²) in [4.78, 5) is 16.9. The van der Waals surface area contributed by atoms with Gasteiger partial charge in [0.1, 0.15) is 6.26 Å². The molecule has 0 saturated carbocycles. The zero-order valence-corrected chi connectivity index (χ0v) is 14.2. The van der Waals surface area contributed by atoms with E-state index in [2.05, 4.69) is 10.3 Å². The van der Waals surface area contributed by atoms with Crippen LogP contribution in [0.4, 0.5) is 0 Å². The van der Waals surface area contributed by atoms with Gasteiger partial charge in [-0.25, -0.2) is 4.98 Å². The summed E-state index contributed by atoms with van der Waals surface area (Å²) in [5.74, 6) is 0.516. The van der Waals surface area contributed by atoms with Crippen LogP contribution in [0.25, 0.3) is 11.5 Å². The second kappa shape index (κ2) is 8.28. The van der Waals surface area contributed by atoms with Crippen molar-refractivity contribution in [1.82, 2.24) is 10.3 Å². The number of carbonyl (C=O) groups excluding carboxylic acids is 1. The maximum atomic E-state index is 12.5. The highest BCUT2D eigenvalue weighted by Crippen LogP contribution is 2.29. The third-order valence-corrected chi connectivity index (χ3v) is 4.32. The first-order chi connectivity index (χ1) is 11.2. The molecule has 0 radical (unpaired) electrons. The lowest BCUT2D eigenvalue weighted by Gasteiger charge is -2.34. The molecule has 1 aliphatic heterocycles. The number of nitrogens with one attached hydrogen (secondary N) is 1. The normalized spacial score (nSPS) is 16.2. The molecule has 3 N–H and O–H groups in total. The molecule has 0 spiro atoms. The average molecular weight is 352 g/mol. The second-order valence-corrected chi connectivity index (χ2v) is 5.79. The van der Waals surface area contributed by atoms with Crippen LogP contribution in [0.2, 0.25) is 0 Å². The van der Waals surface area contributed by atoms with Crippen molar-refractivity contribution < 1.29 is 13.9 Å². The summed E-state index contributed by atoms with van der Waals surface area (Å²) in [6, 6.07) is 9.65. The van der Waals surface area contributed by atoms with Gasteiger partial charge in [-0.1, -0.05) is 18.2 Å². The van der Waals surface area contributed by atoms with Gasteiger partial charge in [0.25, 0.3) is 0 Å². The first kappa shape index (κ1) is 18.4. The summed E-state index contributed by atoms with van der Waals surface area (Å²) < 4.78 is 10.8. The number of amides is 1. The first-order valence-electron chi connectivity index (χ1n) is 7.79. The fourth-order valence-electron chi connectivity index (χ4n) is 2.75. The van der Waals surface area contributed by atoms with Gasteiger partial charge in [-0.05, 0) is 25.0 Å². The van der Waals surface area contributed by atoms with E-state index in [1.54, 1.807) is 6.26 Å².